The van der Waals surface area contributed by atoms with Gasteiger partial charge < -0.3 is 4.84 Å². The van der Waals surface area contributed by atoms with Crippen LogP contribution < -0.4 is 0 Å². The summed E-state index contributed by atoms with van der Waals surface area (Å²) in [5, 5.41) is 1.60. The van der Waals surface area contributed by atoms with Crippen LogP contribution in [0.1, 0.15) is 42.4 Å². The van der Waals surface area contributed by atoms with Crippen LogP contribution in [0.3, 0.4) is 0 Å². The molecule has 0 saturated heterocycles. The number of imide groups is 1. The first-order valence-electron chi connectivity index (χ1n) is 6.06. The van der Waals surface area contributed by atoms with E-state index < -0.39 is 29.1 Å². The standard InChI is InChI=1S/C14H7F2NO4S/c15-11(16)10-9(5-6-22-10)14(20)21-17-12(18)7-3-1-2-4-8(7)13(17)19/h1-6,11H. The Morgan fingerprint density at radius 2 is 1.68 bits per heavy atom. The Labute approximate surface area is 126 Å². The van der Waals surface area contributed by atoms with Gasteiger partial charge in [-0.1, -0.05) is 17.2 Å². The number of thiophene rings is 1. The highest BCUT2D eigenvalue weighted by molar-refractivity contribution is 7.10. The number of amides is 2. The topological polar surface area (TPSA) is 63.7 Å². The molecular weight excluding hydrogens is 316 g/mol. The van der Waals surface area contributed by atoms with E-state index in [1.807, 2.05) is 0 Å². The highest BCUT2D eigenvalue weighted by atomic mass is 32.1. The summed E-state index contributed by atoms with van der Waals surface area (Å²) in [4.78, 5) is 40.2. The van der Waals surface area contributed by atoms with Gasteiger partial charge in [0.05, 0.1) is 21.6 Å². The Balaban J connectivity index is 1.86. The lowest BCUT2D eigenvalue weighted by molar-refractivity contribution is -0.0586. The molecule has 0 saturated carbocycles. The van der Waals surface area contributed by atoms with Crippen molar-refractivity contribution >= 4 is 29.1 Å². The second-order valence-electron chi connectivity index (χ2n) is 4.33. The zero-order chi connectivity index (χ0) is 15.9. The van der Waals surface area contributed by atoms with Crippen molar-refractivity contribution in [1.82, 2.24) is 5.06 Å². The third-order valence-electron chi connectivity index (χ3n) is 3.04. The summed E-state index contributed by atoms with van der Waals surface area (Å²) in [7, 11) is 0. The van der Waals surface area contributed by atoms with Crippen molar-refractivity contribution in [3.63, 3.8) is 0 Å². The fourth-order valence-corrected chi connectivity index (χ4v) is 2.77. The number of benzene rings is 1. The number of nitrogens with zero attached hydrogens (tertiary/aromatic N) is 1. The van der Waals surface area contributed by atoms with Crippen molar-refractivity contribution in [2.24, 2.45) is 0 Å². The molecule has 0 unspecified atom stereocenters. The molecule has 8 heteroatoms. The monoisotopic (exact) mass is 323 g/mol. The highest BCUT2D eigenvalue weighted by Crippen LogP contribution is 2.30. The Hall–Kier alpha value is -2.61. The van der Waals surface area contributed by atoms with Crippen LogP contribution in [0.2, 0.25) is 0 Å². The van der Waals surface area contributed by atoms with E-state index >= 15 is 0 Å². The highest BCUT2D eigenvalue weighted by Gasteiger charge is 2.39. The maximum absolute atomic E-state index is 12.8. The minimum atomic E-state index is -2.84. The van der Waals surface area contributed by atoms with Gasteiger partial charge in [-0.25, -0.2) is 13.6 Å². The van der Waals surface area contributed by atoms with Crippen molar-refractivity contribution in [1.29, 1.82) is 0 Å². The summed E-state index contributed by atoms with van der Waals surface area (Å²) >= 11 is 0.694. The molecule has 0 aliphatic carbocycles. The van der Waals surface area contributed by atoms with Crippen molar-refractivity contribution in [2.45, 2.75) is 6.43 Å². The second kappa shape index (κ2) is 5.30. The van der Waals surface area contributed by atoms with Gasteiger partial charge in [-0.05, 0) is 23.6 Å². The zero-order valence-corrected chi connectivity index (χ0v) is 11.6. The molecule has 1 aromatic carbocycles. The average molecular weight is 323 g/mol. The lowest BCUT2D eigenvalue weighted by atomic mass is 10.1. The number of halogens is 2. The second-order valence-corrected chi connectivity index (χ2v) is 5.28. The molecule has 3 rings (SSSR count). The van der Waals surface area contributed by atoms with Crippen LogP contribution in [0.25, 0.3) is 0 Å². The summed E-state index contributed by atoms with van der Waals surface area (Å²) in [5.41, 5.74) is -0.170. The predicted octanol–water partition coefficient (Wildman–Crippen LogP) is 3.05. The van der Waals surface area contributed by atoms with Gasteiger partial charge in [0.25, 0.3) is 18.2 Å². The van der Waals surface area contributed by atoms with Crippen molar-refractivity contribution in [3.05, 3.63) is 57.3 Å². The van der Waals surface area contributed by atoms with E-state index in [-0.39, 0.29) is 16.7 Å². The molecule has 2 amide bonds. The van der Waals surface area contributed by atoms with Crippen LogP contribution in [0.15, 0.2) is 35.7 Å². The van der Waals surface area contributed by atoms with E-state index in [0.29, 0.717) is 16.4 Å². The molecular formula is C14H7F2NO4S. The fraction of sp³-hybridized carbons (Fsp3) is 0.0714. The van der Waals surface area contributed by atoms with Crippen molar-refractivity contribution in [3.8, 4) is 0 Å². The van der Waals surface area contributed by atoms with Gasteiger partial charge in [0.15, 0.2) is 0 Å². The number of alkyl halides is 2. The Bertz CT molecular complexity index is 752. The van der Waals surface area contributed by atoms with Crippen LogP contribution in [0.4, 0.5) is 8.78 Å². The molecule has 0 fully saturated rings. The number of hydrogen-bond donors (Lipinski definition) is 0. The number of fused-ring (bicyclic) bond motifs is 1. The van der Waals surface area contributed by atoms with E-state index in [0.717, 1.165) is 6.07 Å². The molecule has 0 atom stereocenters. The summed E-state index contributed by atoms with van der Waals surface area (Å²) in [6, 6.07) is 7.11. The lowest BCUT2D eigenvalue weighted by Gasteiger charge is -2.12. The van der Waals surface area contributed by atoms with Gasteiger partial charge in [-0.3, -0.25) is 9.59 Å². The van der Waals surface area contributed by atoms with E-state index in [2.05, 4.69) is 0 Å². The Morgan fingerprint density at radius 1 is 1.09 bits per heavy atom. The number of carbonyl (C=O) groups is 3. The van der Waals surface area contributed by atoms with E-state index in [1.54, 1.807) is 12.1 Å². The molecule has 2 aromatic rings. The predicted molar refractivity (Wildman–Crippen MR) is 71.6 cm³/mol. The van der Waals surface area contributed by atoms with Gasteiger partial charge in [-0.2, -0.15) is 0 Å². The van der Waals surface area contributed by atoms with Crippen LogP contribution in [-0.2, 0) is 4.84 Å². The van der Waals surface area contributed by atoms with Gasteiger partial charge in [0, 0.05) is 0 Å². The smallest absolute Gasteiger partial charge is 0.324 e. The van der Waals surface area contributed by atoms with E-state index in [9.17, 15) is 23.2 Å². The van der Waals surface area contributed by atoms with Gasteiger partial charge in [-0.15, -0.1) is 11.3 Å². The van der Waals surface area contributed by atoms with Gasteiger partial charge in [0.2, 0.25) is 0 Å². The Kier molecular flexibility index (Phi) is 3.45. The number of rotatable bonds is 3. The fourth-order valence-electron chi connectivity index (χ4n) is 2.04. The van der Waals surface area contributed by atoms with Crippen LogP contribution in [0.5, 0.6) is 0 Å². The number of hydrogen-bond acceptors (Lipinski definition) is 5. The molecule has 0 spiro atoms. The normalized spacial score (nSPS) is 13.7. The maximum Gasteiger partial charge on any atom is 0.365 e. The van der Waals surface area contributed by atoms with Crippen molar-refractivity contribution in [2.75, 3.05) is 0 Å². The minimum absolute atomic E-state index is 0.0969. The molecule has 5 nitrogen and oxygen atoms in total. The number of hydroxylamine groups is 2. The summed E-state index contributed by atoms with van der Waals surface area (Å²) in [6.07, 6.45) is -2.84. The summed E-state index contributed by atoms with van der Waals surface area (Å²) in [5.74, 6) is -2.78. The third kappa shape index (κ3) is 2.17. The molecule has 0 bridgehead atoms. The largest absolute Gasteiger partial charge is 0.365 e. The Morgan fingerprint density at radius 3 is 2.23 bits per heavy atom. The number of carbonyl (C=O) groups excluding carboxylic acids is 3. The molecule has 112 valence electrons. The molecule has 1 aromatic heterocycles. The maximum atomic E-state index is 12.8. The lowest BCUT2D eigenvalue weighted by Crippen LogP contribution is -2.32. The van der Waals surface area contributed by atoms with E-state index in [1.165, 1.54) is 17.5 Å². The quantitative estimate of drug-likeness (QED) is 0.815. The molecule has 1 aliphatic heterocycles. The summed E-state index contributed by atoms with van der Waals surface area (Å²) in [6.45, 7) is 0. The SMILES string of the molecule is O=C(ON1C(=O)c2ccccc2C1=O)c1ccsc1C(F)F. The molecule has 0 N–H and O–H groups in total. The molecule has 1 aliphatic rings. The first kappa shape index (κ1) is 14.3. The van der Waals surface area contributed by atoms with E-state index in [4.69, 9.17) is 4.84 Å². The van der Waals surface area contributed by atoms with Crippen LogP contribution in [-0.4, -0.2) is 22.8 Å². The summed E-state index contributed by atoms with van der Waals surface area (Å²) < 4.78 is 25.5. The zero-order valence-electron chi connectivity index (χ0n) is 10.8. The van der Waals surface area contributed by atoms with Crippen molar-refractivity contribution < 1.29 is 28.0 Å². The first-order chi connectivity index (χ1) is 10.5. The molecule has 22 heavy (non-hydrogen) atoms. The van der Waals surface area contributed by atoms with Gasteiger partial charge in [0.1, 0.15) is 0 Å². The van der Waals surface area contributed by atoms with Gasteiger partial charge >= 0.3 is 5.97 Å². The van der Waals surface area contributed by atoms with Crippen LogP contribution >= 0.6 is 11.3 Å². The molecule has 2 heterocycles. The minimum Gasteiger partial charge on any atom is -0.324 e. The average Bonchev–Trinajstić information content (AvgIpc) is 3.08. The van der Waals surface area contributed by atoms with Crippen LogP contribution in [0, 0.1) is 0 Å². The first-order valence-corrected chi connectivity index (χ1v) is 6.94. The molecule has 0 radical (unpaired) electrons. The third-order valence-corrected chi connectivity index (χ3v) is 3.97.